The van der Waals surface area contributed by atoms with Crippen molar-refractivity contribution < 1.29 is 26.2 Å². The number of nitrogens with one attached hydrogen (secondary N) is 1. The summed E-state index contributed by atoms with van der Waals surface area (Å²) >= 11 is 0. The minimum Gasteiger partial charge on any atom is -0.355 e. The lowest BCUT2D eigenvalue weighted by atomic mass is 10.0. The Morgan fingerprint density at radius 3 is 2.20 bits per heavy atom. The minimum atomic E-state index is -3.57. The topological polar surface area (TPSA) is 127 Å². The first kappa shape index (κ1) is 25.1. The van der Waals surface area contributed by atoms with Gasteiger partial charge in [0.25, 0.3) is 5.91 Å². The zero-order valence-corrected chi connectivity index (χ0v) is 21.1. The Hall–Kier alpha value is -3.02. The van der Waals surface area contributed by atoms with Crippen LogP contribution in [0.4, 0.5) is 5.69 Å². The van der Waals surface area contributed by atoms with Gasteiger partial charge in [-0.25, -0.2) is 16.8 Å². The number of hydrogen-bond donors (Lipinski definition) is 1. The van der Waals surface area contributed by atoms with Gasteiger partial charge < -0.3 is 9.84 Å². The van der Waals surface area contributed by atoms with Crippen LogP contribution in [0.3, 0.4) is 0 Å². The molecule has 1 saturated heterocycles. The van der Waals surface area contributed by atoms with Gasteiger partial charge in [-0.2, -0.15) is 4.31 Å². The van der Waals surface area contributed by atoms with Crippen molar-refractivity contribution in [2.24, 2.45) is 5.92 Å². The molecule has 0 unspecified atom stereocenters. The van der Waals surface area contributed by atoms with Crippen molar-refractivity contribution in [2.75, 3.05) is 24.2 Å². The smallest absolute Gasteiger partial charge is 0.277 e. The highest BCUT2D eigenvalue weighted by Crippen LogP contribution is 2.25. The van der Waals surface area contributed by atoms with Crippen molar-refractivity contribution in [3.8, 4) is 11.3 Å². The first-order chi connectivity index (χ1) is 16.6. The van der Waals surface area contributed by atoms with Crippen LogP contribution in [-0.2, 0) is 19.9 Å². The fourth-order valence-corrected chi connectivity index (χ4v) is 6.14. The molecule has 3 aromatic rings. The molecule has 1 aliphatic heterocycles. The summed E-state index contributed by atoms with van der Waals surface area (Å²) in [5.74, 6) is 0.315. The van der Waals surface area contributed by atoms with E-state index in [1.165, 1.54) is 46.8 Å². The number of amides is 1. The number of hydrogen-bond acceptors (Lipinski definition) is 7. The molecule has 1 N–H and O–H groups in total. The van der Waals surface area contributed by atoms with Crippen LogP contribution in [0.5, 0.6) is 0 Å². The van der Waals surface area contributed by atoms with Crippen molar-refractivity contribution in [3.63, 3.8) is 0 Å². The van der Waals surface area contributed by atoms with Gasteiger partial charge in [0.2, 0.25) is 10.0 Å². The average molecular weight is 518 g/mol. The Kier molecular flexibility index (Phi) is 7.11. The van der Waals surface area contributed by atoms with Gasteiger partial charge in [0.05, 0.1) is 15.5 Å². The molecule has 9 nitrogen and oxygen atoms in total. The van der Waals surface area contributed by atoms with E-state index in [1.54, 1.807) is 19.1 Å². The Balaban J connectivity index is 1.43. The molecule has 0 aliphatic carbocycles. The Morgan fingerprint density at radius 2 is 1.60 bits per heavy atom. The third-order valence-corrected chi connectivity index (χ3v) is 9.78. The third kappa shape index (κ3) is 5.47. The largest absolute Gasteiger partial charge is 0.355 e. The molecule has 0 radical (unpaired) electrons. The number of aromatic nitrogens is 1. The van der Waals surface area contributed by atoms with Gasteiger partial charge in [-0.1, -0.05) is 19.0 Å². The summed E-state index contributed by atoms with van der Waals surface area (Å²) in [6.45, 7) is 4.71. The number of carbonyl (C=O) groups excluding carboxylic acids is 1. The minimum absolute atomic E-state index is 0.00339. The lowest BCUT2D eigenvalue weighted by molar-refractivity contribution is 0.101. The van der Waals surface area contributed by atoms with E-state index < -0.39 is 25.8 Å². The van der Waals surface area contributed by atoms with Crippen molar-refractivity contribution in [1.82, 2.24) is 9.46 Å². The van der Waals surface area contributed by atoms with E-state index in [2.05, 4.69) is 17.4 Å². The van der Waals surface area contributed by atoms with Crippen LogP contribution in [0.15, 0.2) is 68.9 Å². The number of sulfonamides is 1. The van der Waals surface area contributed by atoms with Crippen molar-refractivity contribution in [1.29, 1.82) is 0 Å². The van der Waals surface area contributed by atoms with Gasteiger partial charge >= 0.3 is 0 Å². The highest BCUT2D eigenvalue weighted by atomic mass is 32.2. The van der Waals surface area contributed by atoms with Crippen molar-refractivity contribution >= 4 is 31.5 Å². The average Bonchev–Trinajstić information content (AvgIpc) is 3.35. The van der Waals surface area contributed by atoms with Gasteiger partial charge in [0.1, 0.15) is 0 Å². The van der Waals surface area contributed by atoms with Crippen LogP contribution < -0.4 is 5.32 Å². The molecule has 0 spiro atoms. The molecule has 35 heavy (non-hydrogen) atoms. The quantitative estimate of drug-likeness (QED) is 0.505. The lowest BCUT2D eigenvalue weighted by Gasteiger charge is -2.29. The first-order valence-electron chi connectivity index (χ1n) is 11.3. The first-order valence-corrected chi connectivity index (χ1v) is 14.4. The van der Waals surface area contributed by atoms with Gasteiger partial charge in [-0.3, -0.25) is 4.79 Å². The van der Waals surface area contributed by atoms with Crippen LogP contribution in [0.25, 0.3) is 11.3 Å². The number of sulfone groups is 1. The second-order valence-corrected chi connectivity index (χ2v) is 12.8. The fraction of sp³-hybridized carbons (Fsp3) is 0.333. The second kappa shape index (κ2) is 9.92. The maximum absolute atomic E-state index is 12.9. The highest BCUT2D eigenvalue weighted by molar-refractivity contribution is 7.91. The molecular weight excluding hydrogens is 490 g/mol. The van der Waals surface area contributed by atoms with E-state index in [1.807, 2.05) is 0 Å². The van der Waals surface area contributed by atoms with Crippen LogP contribution in [-0.4, -0.2) is 51.0 Å². The summed E-state index contributed by atoms with van der Waals surface area (Å²) in [6.07, 6.45) is 1.68. The number of nitrogens with zero attached hydrogens (tertiary/aromatic N) is 2. The van der Waals surface area contributed by atoms with Gasteiger partial charge in [0.15, 0.2) is 21.3 Å². The summed E-state index contributed by atoms with van der Waals surface area (Å²) in [5.41, 5.74) is 1.03. The lowest BCUT2D eigenvalue weighted by Crippen LogP contribution is -2.37. The number of anilines is 1. The van der Waals surface area contributed by atoms with Gasteiger partial charge in [-0.05, 0) is 67.3 Å². The van der Waals surface area contributed by atoms with E-state index in [9.17, 15) is 21.6 Å². The molecule has 4 rings (SSSR count). The van der Waals surface area contributed by atoms with Crippen LogP contribution >= 0.6 is 0 Å². The van der Waals surface area contributed by atoms with Crippen LogP contribution in [0.1, 0.15) is 37.2 Å². The summed E-state index contributed by atoms with van der Waals surface area (Å²) in [7, 11) is -6.88. The number of benzene rings is 2. The van der Waals surface area contributed by atoms with E-state index in [-0.39, 0.29) is 21.2 Å². The Bertz CT molecular complexity index is 1400. The predicted molar refractivity (Wildman–Crippen MR) is 131 cm³/mol. The molecule has 1 fully saturated rings. The van der Waals surface area contributed by atoms with Crippen molar-refractivity contribution in [3.05, 3.63) is 60.3 Å². The molecule has 2 heterocycles. The normalized spacial score (nSPS) is 15.7. The van der Waals surface area contributed by atoms with Crippen molar-refractivity contribution in [2.45, 2.75) is 36.5 Å². The molecule has 0 saturated carbocycles. The van der Waals surface area contributed by atoms with E-state index in [0.717, 1.165) is 12.8 Å². The van der Waals surface area contributed by atoms with Gasteiger partial charge in [-0.15, -0.1) is 0 Å². The summed E-state index contributed by atoms with van der Waals surface area (Å²) < 4.78 is 56.4. The zero-order chi connectivity index (χ0) is 25.2. The van der Waals surface area contributed by atoms with Crippen LogP contribution in [0.2, 0.25) is 0 Å². The molecular formula is C24H27N3O6S2. The van der Waals surface area contributed by atoms with E-state index in [4.69, 9.17) is 4.52 Å². The molecule has 1 amide bonds. The maximum Gasteiger partial charge on any atom is 0.277 e. The van der Waals surface area contributed by atoms with Gasteiger partial charge in [0, 0.05) is 30.4 Å². The molecule has 11 heteroatoms. The third-order valence-electron chi connectivity index (χ3n) is 6.11. The Morgan fingerprint density at radius 1 is 1.00 bits per heavy atom. The SMILES string of the molecule is CCS(=O)(=O)c1ccc(-c2cc(C(=O)Nc3ccc(S(=O)(=O)N4CCC(C)CC4)cc3)no2)cc1. The van der Waals surface area contributed by atoms with E-state index in [0.29, 0.717) is 36.0 Å². The summed E-state index contributed by atoms with van der Waals surface area (Å²) in [5, 5.41) is 6.47. The summed E-state index contributed by atoms with van der Waals surface area (Å²) in [6, 6.07) is 13.6. The predicted octanol–water partition coefficient (Wildman–Crippen LogP) is 3.81. The molecule has 0 bridgehead atoms. The molecule has 1 aliphatic rings. The Labute approximate surface area is 205 Å². The molecule has 186 valence electrons. The number of carbonyl (C=O) groups is 1. The zero-order valence-electron chi connectivity index (χ0n) is 19.5. The van der Waals surface area contributed by atoms with Crippen LogP contribution in [0, 0.1) is 5.92 Å². The standard InChI is InChI=1S/C24H27N3O6S2/c1-3-34(29,30)20-8-4-18(5-9-20)23-16-22(26-33-23)24(28)25-19-6-10-21(11-7-19)35(31,32)27-14-12-17(2)13-15-27/h4-11,16-17H,3,12-15H2,1-2H3,(H,25,28). The molecule has 1 aromatic heterocycles. The fourth-order valence-electron chi connectivity index (χ4n) is 3.79. The summed E-state index contributed by atoms with van der Waals surface area (Å²) in [4.78, 5) is 13.0. The highest BCUT2D eigenvalue weighted by Gasteiger charge is 2.28. The maximum atomic E-state index is 12.9. The van der Waals surface area contributed by atoms with E-state index >= 15 is 0 Å². The number of piperidine rings is 1. The number of rotatable bonds is 7. The molecule has 2 aromatic carbocycles. The monoisotopic (exact) mass is 517 g/mol. The molecule has 0 atom stereocenters. The second-order valence-electron chi connectivity index (χ2n) is 8.57.